The number of para-hydroxylation sites is 1. The molecule has 0 radical (unpaired) electrons. The second-order valence-corrected chi connectivity index (χ2v) is 8.60. The Morgan fingerprint density at radius 1 is 1.03 bits per heavy atom. The second kappa shape index (κ2) is 9.87. The highest BCUT2D eigenvalue weighted by molar-refractivity contribution is 6.37. The molecule has 170 valence electrons. The van der Waals surface area contributed by atoms with Gasteiger partial charge >= 0.3 is 0 Å². The van der Waals surface area contributed by atoms with Crippen LogP contribution in [0.1, 0.15) is 27.4 Å². The highest BCUT2D eigenvalue weighted by atomic mass is 35.5. The average molecular weight is 505 g/mol. The molecular formula is C23H20Cl3N5O2. The summed E-state index contributed by atoms with van der Waals surface area (Å²) >= 11 is 18.3. The fourth-order valence-electron chi connectivity index (χ4n) is 3.32. The first-order valence-corrected chi connectivity index (χ1v) is 11.2. The molecule has 0 saturated carbocycles. The Balaban J connectivity index is 1.44. The summed E-state index contributed by atoms with van der Waals surface area (Å²) in [6, 6.07) is 14.3. The largest absolute Gasteiger partial charge is 0.468 e. The van der Waals surface area contributed by atoms with E-state index in [1.165, 1.54) is 4.68 Å². The number of carbonyl (C=O) groups is 1. The Hall–Kier alpha value is -3.00. The van der Waals surface area contributed by atoms with Crippen molar-refractivity contribution in [2.24, 2.45) is 0 Å². The molecule has 0 fully saturated rings. The zero-order chi connectivity index (χ0) is 23.5. The van der Waals surface area contributed by atoms with Gasteiger partial charge in [-0.1, -0.05) is 53.0 Å². The zero-order valence-corrected chi connectivity index (χ0v) is 20.1. The summed E-state index contributed by atoms with van der Waals surface area (Å²) < 4.78 is 8.97. The van der Waals surface area contributed by atoms with Gasteiger partial charge in [0, 0.05) is 11.2 Å². The molecule has 0 bridgehead atoms. The van der Waals surface area contributed by atoms with E-state index < -0.39 is 0 Å². The molecule has 4 rings (SSSR count). The lowest BCUT2D eigenvalue weighted by Crippen LogP contribution is -2.15. The normalized spacial score (nSPS) is 10.9. The van der Waals surface area contributed by atoms with E-state index in [-0.39, 0.29) is 18.3 Å². The molecule has 33 heavy (non-hydrogen) atoms. The van der Waals surface area contributed by atoms with Gasteiger partial charge in [-0.05, 0) is 49.7 Å². The third kappa shape index (κ3) is 5.33. The number of aryl methyl sites for hydroxylation is 1. The summed E-state index contributed by atoms with van der Waals surface area (Å²) in [5, 5.41) is 13.2. The molecule has 7 nitrogen and oxygen atoms in total. The molecule has 1 amide bonds. The van der Waals surface area contributed by atoms with E-state index in [1.807, 2.05) is 42.8 Å². The Labute approximate surface area is 205 Å². The predicted molar refractivity (Wildman–Crippen MR) is 130 cm³/mol. The number of anilines is 1. The maximum atomic E-state index is 12.8. The van der Waals surface area contributed by atoms with E-state index in [9.17, 15) is 4.79 Å². The minimum absolute atomic E-state index is 0.0480. The van der Waals surface area contributed by atoms with Gasteiger partial charge in [-0.3, -0.25) is 9.48 Å². The first kappa shape index (κ1) is 23.2. The minimum atomic E-state index is -0.349. The van der Waals surface area contributed by atoms with Crippen LogP contribution < -0.4 is 10.1 Å². The fraction of sp³-hybridized carbons (Fsp3) is 0.174. The number of hydrogen-bond acceptors (Lipinski definition) is 4. The van der Waals surface area contributed by atoms with Gasteiger partial charge in [-0.2, -0.15) is 10.2 Å². The molecule has 10 heteroatoms. The SMILES string of the molecule is Cc1nn(Cc2cccc(Cl)c2)c(C)c1NC(=O)c1ccn(COc2c(Cl)cccc2Cl)n1. The second-order valence-electron chi connectivity index (χ2n) is 7.35. The molecule has 4 aromatic rings. The van der Waals surface area contributed by atoms with Crippen LogP contribution in [0, 0.1) is 13.8 Å². The number of hydrogen-bond donors (Lipinski definition) is 1. The maximum Gasteiger partial charge on any atom is 0.276 e. The van der Waals surface area contributed by atoms with E-state index in [2.05, 4.69) is 15.5 Å². The third-order valence-electron chi connectivity index (χ3n) is 4.97. The first-order valence-electron chi connectivity index (χ1n) is 10.0. The standard InChI is InChI=1S/C23H20Cl3N5O2/c1-14-21(15(2)31(28-14)12-16-5-3-6-17(24)11-16)27-23(32)20-9-10-30(29-20)13-33-22-18(25)7-4-8-19(22)26/h3-11H,12-13H2,1-2H3,(H,27,32). The molecule has 2 aromatic heterocycles. The number of benzene rings is 2. The highest BCUT2D eigenvalue weighted by Crippen LogP contribution is 2.32. The van der Waals surface area contributed by atoms with Gasteiger partial charge in [0.15, 0.2) is 18.2 Å². The summed E-state index contributed by atoms with van der Waals surface area (Å²) in [7, 11) is 0. The molecule has 0 aliphatic heterocycles. The van der Waals surface area contributed by atoms with Gasteiger partial charge in [0.2, 0.25) is 0 Å². The number of carbonyl (C=O) groups excluding carboxylic acids is 1. The van der Waals surface area contributed by atoms with Crippen LogP contribution in [0.3, 0.4) is 0 Å². The molecule has 0 saturated heterocycles. The summed E-state index contributed by atoms with van der Waals surface area (Å²) in [6.45, 7) is 4.34. The number of halogens is 3. The van der Waals surface area contributed by atoms with E-state index in [4.69, 9.17) is 39.5 Å². The van der Waals surface area contributed by atoms with Crippen LogP contribution in [0.4, 0.5) is 5.69 Å². The number of rotatable bonds is 7. The molecule has 2 aromatic carbocycles. The van der Waals surface area contributed by atoms with Crippen molar-refractivity contribution in [3.63, 3.8) is 0 Å². The van der Waals surface area contributed by atoms with Crippen LogP contribution in [0.15, 0.2) is 54.7 Å². The summed E-state index contributed by atoms with van der Waals surface area (Å²) in [4.78, 5) is 12.8. The van der Waals surface area contributed by atoms with Gasteiger partial charge < -0.3 is 10.1 Å². The van der Waals surface area contributed by atoms with Crippen molar-refractivity contribution >= 4 is 46.4 Å². The topological polar surface area (TPSA) is 74.0 Å². The van der Waals surface area contributed by atoms with E-state index in [1.54, 1.807) is 30.5 Å². The van der Waals surface area contributed by atoms with E-state index in [0.29, 0.717) is 38.7 Å². The van der Waals surface area contributed by atoms with Gasteiger partial charge in [-0.15, -0.1) is 0 Å². The summed E-state index contributed by atoms with van der Waals surface area (Å²) in [5.74, 6) is 0.0127. The molecule has 0 unspecified atom stereocenters. The van der Waals surface area contributed by atoms with Crippen molar-refractivity contribution in [2.75, 3.05) is 5.32 Å². The van der Waals surface area contributed by atoms with E-state index in [0.717, 1.165) is 11.3 Å². The van der Waals surface area contributed by atoms with Crippen molar-refractivity contribution in [3.8, 4) is 5.75 Å². The lowest BCUT2D eigenvalue weighted by atomic mass is 10.2. The van der Waals surface area contributed by atoms with Gasteiger partial charge in [0.05, 0.1) is 33.7 Å². The highest BCUT2D eigenvalue weighted by Gasteiger charge is 2.17. The average Bonchev–Trinajstić information content (AvgIpc) is 3.34. The van der Waals surface area contributed by atoms with Crippen LogP contribution in [-0.2, 0) is 13.3 Å². The van der Waals surface area contributed by atoms with Gasteiger partial charge in [-0.25, -0.2) is 4.68 Å². The molecule has 0 aliphatic carbocycles. The Kier molecular flexibility index (Phi) is 6.93. The van der Waals surface area contributed by atoms with Crippen molar-refractivity contribution in [3.05, 3.63) is 92.4 Å². The van der Waals surface area contributed by atoms with Crippen molar-refractivity contribution in [2.45, 2.75) is 27.1 Å². The lowest BCUT2D eigenvalue weighted by Gasteiger charge is -2.09. The Morgan fingerprint density at radius 3 is 2.48 bits per heavy atom. The lowest BCUT2D eigenvalue weighted by molar-refractivity contribution is 0.102. The van der Waals surface area contributed by atoms with Gasteiger partial charge in [0.1, 0.15) is 0 Å². The molecule has 0 aliphatic rings. The van der Waals surface area contributed by atoms with Crippen molar-refractivity contribution in [1.82, 2.24) is 19.6 Å². The monoisotopic (exact) mass is 503 g/mol. The number of amides is 1. The van der Waals surface area contributed by atoms with Gasteiger partial charge in [0.25, 0.3) is 5.91 Å². The minimum Gasteiger partial charge on any atom is -0.468 e. The smallest absolute Gasteiger partial charge is 0.276 e. The van der Waals surface area contributed by atoms with Crippen molar-refractivity contribution in [1.29, 1.82) is 0 Å². The first-order chi connectivity index (χ1) is 15.8. The molecule has 2 heterocycles. The third-order valence-corrected chi connectivity index (χ3v) is 5.81. The molecular weight excluding hydrogens is 485 g/mol. The predicted octanol–water partition coefficient (Wildman–Crippen LogP) is 5.99. The molecule has 0 atom stereocenters. The molecule has 1 N–H and O–H groups in total. The number of nitrogens with zero attached hydrogens (tertiary/aromatic N) is 4. The van der Waals surface area contributed by atoms with E-state index >= 15 is 0 Å². The number of aromatic nitrogens is 4. The van der Waals surface area contributed by atoms with Crippen LogP contribution in [0.2, 0.25) is 15.1 Å². The zero-order valence-electron chi connectivity index (χ0n) is 17.8. The van der Waals surface area contributed by atoms with Crippen LogP contribution >= 0.6 is 34.8 Å². The Morgan fingerprint density at radius 2 is 1.76 bits per heavy atom. The Bertz CT molecular complexity index is 1300. The van der Waals surface area contributed by atoms with Crippen molar-refractivity contribution < 1.29 is 9.53 Å². The van der Waals surface area contributed by atoms with Crippen LogP contribution in [0.5, 0.6) is 5.75 Å². The van der Waals surface area contributed by atoms with Crippen LogP contribution in [-0.4, -0.2) is 25.5 Å². The maximum absolute atomic E-state index is 12.8. The summed E-state index contributed by atoms with van der Waals surface area (Å²) in [6.07, 6.45) is 1.64. The number of ether oxygens (including phenoxy) is 1. The van der Waals surface area contributed by atoms with Crippen LogP contribution in [0.25, 0.3) is 0 Å². The summed E-state index contributed by atoms with van der Waals surface area (Å²) in [5.41, 5.74) is 3.44. The number of nitrogens with one attached hydrogen (secondary N) is 1. The quantitative estimate of drug-likeness (QED) is 0.335. The molecule has 0 spiro atoms. The fourth-order valence-corrected chi connectivity index (χ4v) is 4.04.